The van der Waals surface area contributed by atoms with Gasteiger partial charge in [-0.3, -0.25) is 0 Å². The summed E-state index contributed by atoms with van der Waals surface area (Å²) in [5.74, 6) is -2.22. The van der Waals surface area contributed by atoms with E-state index in [-0.39, 0.29) is 16.5 Å². The average Bonchev–Trinajstić information content (AvgIpc) is 2.75. The number of rotatable bonds is 6. The fourth-order valence-corrected chi connectivity index (χ4v) is 3.53. The van der Waals surface area contributed by atoms with Gasteiger partial charge < -0.3 is 9.47 Å². The zero-order valence-electron chi connectivity index (χ0n) is 16.8. The van der Waals surface area contributed by atoms with Gasteiger partial charge in [0.1, 0.15) is 17.4 Å². The summed E-state index contributed by atoms with van der Waals surface area (Å²) in [7, 11) is 0. The molecule has 0 spiro atoms. The molecule has 2 nitrogen and oxygen atoms in total. The van der Waals surface area contributed by atoms with Crippen LogP contribution in [0.1, 0.15) is 6.92 Å². The zero-order chi connectivity index (χ0) is 22.8. The highest BCUT2D eigenvalue weighted by atomic mass is 19.3. The molecule has 0 bridgehead atoms. The van der Waals surface area contributed by atoms with E-state index in [0.29, 0.717) is 28.9 Å². The molecule has 7 heteroatoms. The minimum atomic E-state index is -3.14. The lowest BCUT2D eigenvalue weighted by molar-refractivity contribution is -0.0520. The monoisotopic (exact) mass is 444 g/mol. The molecule has 0 aliphatic carbocycles. The van der Waals surface area contributed by atoms with E-state index in [2.05, 4.69) is 4.74 Å². The van der Waals surface area contributed by atoms with Crippen LogP contribution in [0.25, 0.3) is 33.0 Å². The first kappa shape index (κ1) is 21.6. The normalized spacial score (nSPS) is 11.2. The lowest BCUT2D eigenvalue weighted by Gasteiger charge is -2.11. The van der Waals surface area contributed by atoms with Crippen LogP contribution < -0.4 is 9.47 Å². The summed E-state index contributed by atoms with van der Waals surface area (Å²) in [5.41, 5.74) is 1.27. The Morgan fingerprint density at radius 1 is 0.750 bits per heavy atom. The van der Waals surface area contributed by atoms with Gasteiger partial charge in [-0.15, -0.1) is 0 Å². The van der Waals surface area contributed by atoms with E-state index < -0.39 is 29.8 Å². The second kappa shape index (κ2) is 8.86. The molecule has 0 aliphatic rings. The molecule has 0 amide bonds. The third-order valence-electron chi connectivity index (χ3n) is 4.98. The number of fused-ring (bicyclic) bond motifs is 1. The Morgan fingerprint density at radius 3 is 2.06 bits per heavy atom. The van der Waals surface area contributed by atoms with Crippen molar-refractivity contribution in [1.29, 1.82) is 0 Å². The van der Waals surface area contributed by atoms with Crippen molar-refractivity contribution in [3.05, 3.63) is 84.2 Å². The molecule has 32 heavy (non-hydrogen) atoms. The van der Waals surface area contributed by atoms with Gasteiger partial charge in [0.25, 0.3) is 0 Å². The van der Waals surface area contributed by atoms with E-state index in [9.17, 15) is 22.0 Å². The van der Waals surface area contributed by atoms with Crippen LogP contribution in [0.5, 0.6) is 11.5 Å². The number of ether oxygens (including phenoxy) is 2. The predicted octanol–water partition coefficient (Wildman–Crippen LogP) is 7.59. The third-order valence-corrected chi connectivity index (χ3v) is 4.98. The van der Waals surface area contributed by atoms with E-state index in [1.54, 1.807) is 25.1 Å². The molecule has 0 atom stereocenters. The Kier molecular flexibility index (Phi) is 5.99. The molecule has 0 saturated carbocycles. The summed E-state index contributed by atoms with van der Waals surface area (Å²) in [4.78, 5) is 0. The van der Waals surface area contributed by atoms with Crippen molar-refractivity contribution in [2.45, 2.75) is 13.5 Å². The van der Waals surface area contributed by atoms with Gasteiger partial charge in [-0.2, -0.15) is 8.78 Å². The molecule has 0 saturated heterocycles. The zero-order valence-corrected chi connectivity index (χ0v) is 16.8. The summed E-state index contributed by atoms with van der Waals surface area (Å²) in [5, 5.41) is 0.461. The minimum Gasteiger partial charge on any atom is -0.494 e. The van der Waals surface area contributed by atoms with Gasteiger partial charge in [0.05, 0.1) is 6.61 Å². The van der Waals surface area contributed by atoms with Gasteiger partial charge in [-0.1, -0.05) is 30.3 Å². The average molecular weight is 444 g/mol. The Bertz CT molecular complexity index is 1290. The molecule has 0 heterocycles. The highest BCUT2D eigenvalue weighted by Gasteiger charge is 2.15. The fourth-order valence-electron chi connectivity index (χ4n) is 3.53. The van der Waals surface area contributed by atoms with Crippen LogP contribution in [0.4, 0.5) is 22.0 Å². The molecule has 0 N–H and O–H groups in total. The van der Waals surface area contributed by atoms with Crippen molar-refractivity contribution in [2.24, 2.45) is 0 Å². The molecule has 0 fully saturated rings. The number of hydrogen-bond donors (Lipinski definition) is 0. The van der Waals surface area contributed by atoms with E-state index in [4.69, 9.17) is 4.74 Å². The second-order valence-electron chi connectivity index (χ2n) is 6.96. The third kappa shape index (κ3) is 4.23. The molecule has 0 aliphatic heterocycles. The van der Waals surface area contributed by atoms with Crippen LogP contribution in [0.2, 0.25) is 0 Å². The van der Waals surface area contributed by atoms with Crippen LogP contribution in [0.15, 0.2) is 66.7 Å². The van der Waals surface area contributed by atoms with E-state index in [0.717, 1.165) is 6.07 Å². The first-order valence-electron chi connectivity index (χ1n) is 9.77. The lowest BCUT2D eigenvalue weighted by Crippen LogP contribution is -2.03. The van der Waals surface area contributed by atoms with Crippen molar-refractivity contribution < 1.29 is 31.4 Å². The SMILES string of the molecule is CCOc1ccc(-c2ccc(-c3ccc4c(F)c(OC(F)F)ccc4c3)c(F)c2)c(F)c1. The summed E-state index contributed by atoms with van der Waals surface area (Å²) in [6, 6.07) is 15.6. The van der Waals surface area contributed by atoms with Crippen molar-refractivity contribution in [3.63, 3.8) is 0 Å². The van der Waals surface area contributed by atoms with E-state index >= 15 is 0 Å². The topological polar surface area (TPSA) is 18.5 Å². The van der Waals surface area contributed by atoms with Crippen LogP contribution >= 0.6 is 0 Å². The number of benzene rings is 4. The van der Waals surface area contributed by atoms with Crippen LogP contribution in [-0.2, 0) is 0 Å². The minimum absolute atomic E-state index is 0.0698. The first-order valence-corrected chi connectivity index (χ1v) is 9.77. The molecule has 4 aromatic rings. The maximum absolute atomic E-state index is 14.9. The standard InChI is InChI=1S/C25H17F5O2/c1-2-31-17-6-9-19(22(27)13-17)16-3-7-18(21(26)12-16)14-4-8-20-15(11-14)5-10-23(24(20)28)32-25(29)30/h3-13,25H,2H2,1H3. The summed E-state index contributed by atoms with van der Waals surface area (Å²) < 4.78 is 78.0. The molecule has 0 unspecified atom stereocenters. The van der Waals surface area contributed by atoms with Crippen LogP contribution in [0, 0.1) is 17.5 Å². The van der Waals surface area contributed by atoms with Gasteiger partial charge in [-0.25, -0.2) is 13.2 Å². The number of halogens is 5. The molecule has 4 rings (SSSR count). The lowest BCUT2D eigenvalue weighted by atomic mass is 9.97. The largest absolute Gasteiger partial charge is 0.494 e. The number of alkyl halides is 2. The Labute approximate surface area is 180 Å². The van der Waals surface area contributed by atoms with Crippen molar-refractivity contribution >= 4 is 10.8 Å². The van der Waals surface area contributed by atoms with Gasteiger partial charge in [-0.05, 0) is 53.8 Å². The Balaban J connectivity index is 1.68. The highest BCUT2D eigenvalue weighted by Crippen LogP contribution is 2.34. The smallest absolute Gasteiger partial charge is 0.387 e. The van der Waals surface area contributed by atoms with Crippen molar-refractivity contribution in [1.82, 2.24) is 0 Å². The van der Waals surface area contributed by atoms with E-state index in [1.165, 1.54) is 42.5 Å². The molecular weight excluding hydrogens is 427 g/mol. The molecular formula is C25H17F5O2. The predicted molar refractivity (Wildman–Crippen MR) is 112 cm³/mol. The van der Waals surface area contributed by atoms with Gasteiger partial charge >= 0.3 is 6.61 Å². The summed E-state index contributed by atoms with van der Waals surface area (Å²) in [6.07, 6.45) is 0. The fraction of sp³-hybridized carbons (Fsp3) is 0.120. The first-order chi connectivity index (χ1) is 15.4. The molecule has 0 aromatic heterocycles. The Hall–Kier alpha value is -3.61. The van der Waals surface area contributed by atoms with Crippen LogP contribution in [-0.4, -0.2) is 13.2 Å². The highest BCUT2D eigenvalue weighted by molar-refractivity contribution is 5.89. The molecule has 164 valence electrons. The maximum atomic E-state index is 14.9. The summed E-state index contributed by atoms with van der Waals surface area (Å²) in [6.45, 7) is -0.954. The number of hydrogen-bond acceptors (Lipinski definition) is 2. The van der Waals surface area contributed by atoms with Gasteiger partial charge in [0, 0.05) is 22.6 Å². The molecule has 4 aromatic carbocycles. The van der Waals surface area contributed by atoms with Crippen LogP contribution in [0.3, 0.4) is 0 Å². The van der Waals surface area contributed by atoms with Gasteiger partial charge in [0.15, 0.2) is 11.6 Å². The van der Waals surface area contributed by atoms with E-state index in [1.807, 2.05) is 0 Å². The van der Waals surface area contributed by atoms with Crippen molar-refractivity contribution in [3.8, 4) is 33.8 Å². The second-order valence-corrected chi connectivity index (χ2v) is 6.96. The Morgan fingerprint density at radius 2 is 1.41 bits per heavy atom. The summed E-state index contributed by atoms with van der Waals surface area (Å²) >= 11 is 0. The van der Waals surface area contributed by atoms with Gasteiger partial charge in [0.2, 0.25) is 0 Å². The van der Waals surface area contributed by atoms with Crippen molar-refractivity contribution in [2.75, 3.05) is 6.61 Å². The maximum Gasteiger partial charge on any atom is 0.387 e. The quantitative estimate of drug-likeness (QED) is 0.285. The molecule has 0 radical (unpaired) electrons.